The zero-order valence-electron chi connectivity index (χ0n) is 10.0. The van der Waals surface area contributed by atoms with E-state index in [0.717, 1.165) is 19.5 Å². The van der Waals surface area contributed by atoms with Crippen LogP contribution in [0.3, 0.4) is 0 Å². The molecule has 1 heterocycles. The summed E-state index contributed by atoms with van der Waals surface area (Å²) in [6.45, 7) is 10.1. The lowest BCUT2D eigenvalue weighted by molar-refractivity contribution is -0.131. The third kappa shape index (κ3) is 3.07. The van der Waals surface area contributed by atoms with Gasteiger partial charge in [-0.3, -0.25) is 4.79 Å². The molecule has 0 saturated heterocycles. The Morgan fingerprint density at radius 3 is 2.40 bits per heavy atom. The van der Waals surface area contributed by atoms with E-state index in [1.165, 1.54) is 11.1 Å². The van der Waals surface area contributed by atoms with Crippen molar-refractivity contribution >= 4 is 21.8 Å². The smallest absolute Gasteiger partial charge is 0.236 e. The molecule has 1 aliphatic heterocycles. The van der Waals surface area contributed by atoms with E-state index in [1.807, 2.05) is 4.90 Å². The Balaban J connectivity index is 2.64. The first-order valence-corrected chi connectivity index (χ1v) is 6.43. The Morgan fingerprint density at radius 2 is 1.93 bits per heavy atom. The fourth-order valence-corrected chi connectivity index (χ4v) is 1.95. The number of hydrogen-bond acceptors (Lipinski definition) is 1. The highest BCUT2D eigenvalue weighted by atomic mass is 79.9. The molecule has 3 heteroatoms. The average molecular weight is 274 g/mol. The summed E-state index contributed by atoms with van der Waals surface area (Å²) in [6, 6.07) is 0. The Labute approximate surface area is 101 Å². The molecule has 1 aliphatic rings. The van der Waals surface area contributed by atoms with Crippen LogP contribution >= 0.6 is 15.9 Å². The average Bonchev–Trinajstić information content (AvgIpc) is 2.19. The molecule has 0 radical (unpaired) electrons. The van der Waals surface area contributed by atoms with Gasteiger partial charge in [-0.25, -0.2) is 0 Å². The molecule has 0 aromatic rings. The molecule has 0 bridgehead atoms. The van der Waals surface area contributed by atoms with Crippen LogP contribution in [0.2, 0.25) is 0 Å². The highest BCUT2D eigenvalue weighted by molar-refractivity contribution is 9.10. The van der Waals surface area contributed by atoms with E-state index >= 15 is 0 Å². The summed E-state index contributed by atoms with van der Waals surface area (Å²) < 4.78 is 0. The predicted molar refractivity (Wildman–Crippen MR) is 67.1 cm³/mol. The molecule has 0 spiro atoms. The summed E-state index contributed by atoms with van der Waals surface area (Å²) in [5.41, 5.74) is 2.78. The molecule has 1 unspecified atom stereocenters. The van der Waals surface area contributed by atoms with Crippen LogP contribution in [0.4, 0.5) is 0 Å². The Morgan fingerprint density at radius 1 is 1.33 bits per heavy atom. The van der Waals surface area contributed by atoms with Crippen LogP contribution in [0.15, 0.2) is 11.1 Å². The maximum absolute atomic E-state index is 12.0. The van der Waals surface area contributed by atoms with Crippen molar-refractivity contribution in [2.45, 2.75) is 38.9 Å². The van der Waals surface area contributed by atoms with E-state index in [1.54, 1.807) is 0 Å². The molecule has 15 heavy (non-hydrogen) atoms. The summed E-state index contributed by atoms with van der Waals surface area (Å²) in [6.07, 6.45) is 1.02. The summed E-state index contributed by atoms with van der Waals surface area (Å²) in [5.74, 6) is 0.585. The quantitative estimate of drug-likeness (QED) is 0.560. The van der Waals surface area contributed by atoms with Gasteiger partial charge >= 0.3 is 0 Å². The third-order valence-electron chi connectivity index (χ3n) is 3.05. The third-order valence-corrected chi connectivity index (χ3v) is 4.50. The van der Waals surface area contributed by atoms with Gasteiger partial charge < -0.3 is 4.90 Å². The first-order chi connectivity index (χ1) is 6.93. The molecule has 86 valence electrons. The zero-order valence-corrected chi connectivity index (χ0v) is 11.6. The number of alkyl halides is 1. The van der Waals surface area contributed by atoms with E-state index in [2.05, 4.69) is 43.6 Å². The standard InChI is InChI=1S/C12H20BrNO/c1-8(2)11(13)12(15)14-6-5-9(3)10(4)7-14/h8,11H,5-7H2,1-4H3. The van der Waals surface area contributed by atoms with Gasteiger partial charge in [0.2, 0.25) is 5.91 Å². The summed E-state index contributed by atoms with van der Waals surface area (Å²) in [7, 11) is 0. The van der Waals surface area contributed by atoms with Gasteiger partial charge in [0.15, 0.2) is 0 Å². The minimum absolute atomic E-state index is 0.0382. The number of carbonyl (C=O) groups excluding carboxylic acids is 1. The Bertz CT molecular complexity index is 283. The molecule has 0 fully saturated rings. The van der Waals surface area contributed by atoms with Crippen LogP contribution in [-0.4, -0.2) is 28.7 Å². The molecule has 2 nitrogen and oxygen atoms in total. The summed E-state index contributed by atoms with van der Waals surface area (Å²) >= 11 is 3.47. The Kier molecular flexibility index (Phi) is 4.38. The maximum atomic E-state index is 12.0. The van der Waals surface area contributed by atoms with Gasteiger partial charge in [0.1, 0.15) is 0 Å². The fraction of sp³-hybridized carbons (Fsp3) is 0.750. The van der Waals surface area contributed by atoms with Crippen LogP contribution < -0.4 is 0 Å². The monoisotopic (exact) mass is 273 g/mol. The van der Waals surface area contributed by atoms with Crippen molar-refractivity contribution in [2.75, 3.05) is 13.1 Å². The fourth-order valence-electron chi connectivity index (χ4n) is 1.66. The van der Waals surface area contributed by atoms with Crippen LogP contribution in [0.1, 0.15) is 34.1 Å². The molecule has 0 saturated carbocycles. The van der Waals surface area contributed by atoms with Crippen LogP contribution in [-0.2, 0) is 4.79 Å². The molecular weight excluding hydrogens is 254 g/mol. The molecule has 0 aromatic heterocycles. The van der Waals surface area contributed by atoms with Crippen molar-refractivity contribution in [3.63, 3.8) is 0 Å². The minimum Gasteiger partial charge on any atom is -0.337 e. The van der Waals surface area contributed by atoms with E-state index in [9.17, 15) is 4.79 Å². The van der Waals surface area contributed by atoms with E-state index in [0.29, 0.717) is 5.92 Å². The van der Waals surface area contributed by atoms with Crippen molar-refractivity contribution in [3.8, 4) is 0 Å². The van der Waals surface area contributed by atoms with E-state index in [4.69, 9.17) is 0 Å². The van der Waals surface area contributed by atoms with Gasteiger partial charge in [0.25, 0.3) is 0 Å². The van der Waals surface area contributed by atoms with Crippen molar-refractivity contribution in [2.24, 2.45) is 5.92 Å². The van der Waals surface area contributed by atoms with E-state index in [-0.39, 0.29) is 10.7 Å². The SMILES string of the molecule is CC1=C(C)CN(C(=O)C(Br)C(C)C)CC1. The van der Waals surface area contributed by atoms with E-state index < -0.39 is 0 Å². The van der Waals surface area contributed by atoms with Gasteiger partial charge in [-0.2, -0.15) is 0 Å². The second kappa shape index (κ2) is 5.15. The van der Waals surface area contributed by atoms with Gasteiger partial charge in [-0.1, -0.05) is 40.9 Å². The topological polar surface area (TPSA) is 20.3 Å². The summed E-state index contributed by atoms with van der Waals surface area (Å²) in [4.78, 5) is 14.0. The molecular formula is C12H20BrNO. The normalized spacial score (nSPS) is 19.7. The van der Waals surface area contributed by atoms with Crippen molar-refractivity contribution in [1.82, 2.24) is 4.90 Å². The maximum Gasteiger partial charge on any atom is 0.236 e. The molecule has 1 amide bonds. The minimum atomic E-state index is -0.0382. The Hall–Kier alpha value is -0.310. The molecule has 1 atom stereocenters. The first-order valence-electron chi connectivity index (χ1n) is 5.51. The second-order valence-electron chi connectivity index (χ2n) is 4.72. The zero-order chi connectivity index (χ0) is 11.6. The number of carbonyl (C=O) groups is 1. The molecule has 0 aliphatic carbocycles. The molecule has 0 N–H and O–H groups in total. The molecule has 1 rings (SSSR count). The predicted octanol–water partition coefficient (Wildman–Crippen LogP) is 2.97. The number of nitrogens with zero attached hydrogens (tertiary/aromatic N) is 1. The van der Waals surface area contributed by atoms with Gasteiger partial charge in [0.05, 0.1) is 4.83 Å². The van der Waals surface area contributed by atoms with Gasteiger partial charge in [0, 0.05) is 13.1 Å². The number of amides is 1. The number of halogens is 1. The van der Waals surface area contributed by atoms with Crippen LogP contribution in [0.25, 0.3) is 0 Å². The number of hydrogen-bond donors (Lipinski definition) is 0. The lowest BCUT2D eigenvalue weighted by Crippen LogP contribution is -2.42. The highest BCUT2D eigenvalue weighted by Gasteiger charge is 2.26. The molecule has 0 aromatic carbocycles. The largest absolute Gasteiger partial charge is 0.337 e. The van der Waals surface area contributed by atoms with Gasteiger partial charge in [-0.15, -0.1) is 0 Å². The van der Waals surface area contributed by atoms with Crippen LogP contribution in [0.5, 0.6) is 0 Å². The number of rotatable bonds is 2. The van der Waals surface area contributed by atoms with Crippen molar-refractivity contribution < 1.29 is 4.79 Å². The van der Waals surface area contributed by atoms with Gasteiger partial charge in [-0.05, 0) is 26.2 Å². The van der Waals surface area contributed by atoms with Crippen molar-refractivity contribution in [1.29, 1.82) is 0 Å². The van der Waals surface area contributed by atoms with Crippen molar-refractivity contribution in [3.05, 3.63) is 11.1 Å². The lowest BCUT2D eigenvalue weighted by atomic mass is 10.0. The summed E-state index contributed by atoms with van der Waals surface area (Å²) in [5, 5.41) is 0. The second-order valence-corrected chi connectivity index (χ2v) is 5.70. The van der Waals surface area contributed by atoms with Crippen LogP contribution in [0, 0.1) is 5.92 Å². The lowest BCUT2D eigenvalue weighted by Gasteiger charge is -2.31. The highest BCUT2D eigenvalue weighted by Crippen LogP contribution is 2.21. The first kappa shape index (κ1) is 12.8.